The molecule has 1 aromatic heterocycles. The number of anilines is 1. The first-order valence-electron chi connectivity index (χ1n) is 7.83. The molecule has 2 aromatic rings. The third-order valence-corrected chi connectivity index (χ3v) is 3.94. The number of nitrogens with zero attached hydrogens (tertiary/aromatic N) is 3. The molecule has 3 rings (SSSR count). The molecular formula is C17H20N4O4. The van der Waals surface area contributed by atoms with Gasteiger partial charge in [0, 0.05) is 12.8 Å². The van der Waals surface area contributed by atoms with E-state index in [4.69, 9.17) is 14.2 Å². The molecular weight excluding hydrogens is 324 g/mol. The van der Waals surface area contributed by atoms with Gasteiger partial charge in [-0.3, -0.25) is 0 Å². The summed E-state index contributed by atoms with van der Waals surface area (Å²) in [5.74, 6) is 0.845. The van der Waals surface area contributed by atoms with Crippen LogP contribution in [-0.4, -0.2) is 48.2 Å². The fraction of sp³-hybridized carbons (Fsp3) is 0.353. The Kier molecular flexibility index (Phi) is 4.99. The first-order valence-corrected chi connectivity index (χ1v) is 7.83. The van der Waals surface area contributed by atoms with Crippen LogP contribution in [0.4, 0.5) is 5.95 Å². The summed E-state index contributed by atoms with van der Waals surface area (Å²) < 4.78 is 17.2. The van der Waals surface area contributed by atoms with Crippen LogP contribution in [0, 0.1) is 0 Å². The molecule has 0 fully saturated rings. The van der Waals surface area contributed by atoms with E-state index >= 15 is 0 Å². The lowest BCUT2D eigenvalue weighted by molar-refractivity contribution is -0.140. The number of benzene rings is 1. The van der Waals surface area contributed by atoms with Gasteiger partial charge >= 0.3 is 5.97 Å². The van der Waals surface area contributed by atoms with Gasteiger partial charge in [-0.15, -0.1) is 0 Å². The monoisotopic (exact) mass is 344 g/mol. The number of nitrogens with one attached hydrogen (secondary N) is 1. The van der Waals surface area contributed by atoms with E-state index in [0.717, 1.165) is 5.56 Å². The van der Waals surface area contributed by atoms with Crippen molar-refractivity contribution in [3.05, 3.63) is 47.4 Å². The number of fused-ring (bicyclic) bond motifs is 1. The van der Waals surface area contributed by atoms with E-state index in [-0.39, 0.29) is 6.61 Å². The van der Waals surface area contributed by atoms with E-state index in [9.17, 15) is 4.79 Å². The van der Waals surface area contributed by atoms with Crippen molar-refractivity contribution < 1.29 is 19.0 Å². The average molecular weight is 344 g/mol. The largest absolute Gasteiger partial charge is 0.497 e. The van der Waals surface area contributed by atoms with E-state index in [0.29, 0.717) is 29.6 Å². The number of methoxy groups -OCH3 is 2. The second-order valence-electron chi connectivity index (χ2n) is 5.50. The molecule has 0 aliphatic carbocycles. The highest BCUT2D eigenvalue weighted by Crippen LogP contribution is 2.36. The highest BCUT2D eigenvalue weighted by Gasteiger charge is 2.34. The molecule has 1 aliphatic rings. The summed E-state index contributed by atoms with van der Waals surface area (Å²) in [5.41, 5.74) is 2.00. The second-order valence-corrected chi connectivity index (χ2v) is 5.50. The Hall–Kier alpha value is -2.87. The van der Waals surface area contributed by atoms with Crippen molar-refractivity contribution in [2.24, 2.45) is 0 Å². The predicted molar refractivity (Wildman–Crippen MR) is 90.3 cm³/mol. The molecule has 25 heavy (non-hydrogen) atoms. The minimum atomic E-state index is -0.455. The summed E-state index contributed by atoms with van der Waals surface area (Å²) in [6.07, 6.45) is 1.45. The van der Waals surface area contributed by atoms with Crippen LogP contribution >= 0.6 is 0 Å². The van der Waals surface area contributed by atoms with Gasteiger partial charge in [-0.1, -0.05) is 12.1 Å². The molecule has 0 spiro atoms. The Morgan fingerprint density at radius 3 is 2.92 bits per heavy atom. The van der Waals surface area contributed by atoms with Crippen LogP contribution < -0.4 is 10.1 Å². The molecule has 0 saturated carbocycles. The number of ether oxygens (including phenoxy) is 3. The molecule has 0 radical (unpaired) electrons. The predicted octanol–water partition coefficient (Wildman–Crippen LogP) is 1.77. The number of hydrogen-bond donors (Lipinski definition) is 1. The smallest absolute Gasteiger partial charge is 0.338 e. The summed E-state index contributed by atoms with van der Waals surface area (Å²) in [7, 11) is 3.16. The summed E-state index contributed by atoms with van der Waals surface area (Å²) in [6.45, 7) is 2.34. The molecule has 132 valence electrons. The van der Waals surface area contributed by atoms with E-state index in [1.807, 2.05) is 31.2 Å². The van der Waals surface area contributed by atoms with E-state index in [1.54, 1.807) is 18.9 Å². The van der Waals surface area contributed by atoms with E-state index in [1.165, 1.54) is 6.33 Å². The van der Waals surface area contributed by atoms with Gasteiger partial charge in [-0.05, 0) is 24.6 Å². The third-order valence-electron chi connectivity index (χ3n) is 3.94. The number of allylic oxidation sites excluding steroid dienone is 1. The van der Waals surface area contributed by atoms with Crippen LogP contribution in [0.25, 0.3) is 0 Å². The van der Waals surface area contributed by atoms with Crippen molar-refractivity contribution in [2.45, 2.75) is 13.0 Å². The van der Waals surface area contributed by atoms with Crippen molar-refractivity contribution in [3.8, 4) is 5.75 Å². The number of carbonyl (C=O) groups is 1. The Labute approximate surface area is 145 Å². The van der Waals surface area contributed by atoms with Gasteiger partial charge in [0.05, 0.1) is 19.3 Å². The SMILES string of the molecule is COCCOC(=O)C1=C(C)Nc2ncnn2[C@H]1c1cccc(OC)c1. The molecule has 0 bridgehead atoms. The van der Waals surface area contributed by atoms with Crippen LogP contribution in [0.3, 0.4) is 0 Å². The fourth-order valence-corrected chi connectivity index (χ4v) is 2.77. The van der Waals surface area contributed by atoms with Crippen LogP contribution in [0.1, 0.15) is 18.5 Å². The standard InChI is InChI=1S/C17H20N4O4/c1-11-14(16(22)25-8-7-23-2)15(21-17(20-11)18-10-19-21)12-5-4-6-13(9-12)24-3/h4-6,9-10,15H,7-8H2,1-3H3,(H,18,19,20)/t15-/m0/s1. The number of esters is 1. The molecule has 0 unspecified atom stereocenters. The van der Waals surface area contributed by atoms with Crippen LogP contribution in [0.5, 0.6) is 5.75 Å². The maximum absolute atomic E-state index is 12.7. The third kappa shape index (κ3) is 3.34. The summed E-state index contributed by atoms with van der Waals surface area (Å²) in [4.78, 5) is 16.9. The summed E-state index contributed by atoms with van der Waals surface area (Å²) in [5, 5.41) is 7.36. The van der Waals surface area contributed by atoms with Crippen LogP contribution in [0.2, 0.25) is 0 Å². The van der Waals surface area contributed by atoms with Crippen molar-refractivity contribution in [1.29, 1.82) is 0 Å². The Balaban J connectivity index is 2.02. The number of aromatic nitrogens is 3. The molecule has 1 aromatic carbocycles. The van der Waals surface area contributed by atoms with Gasteiger partial charge in [0.15, 0.2) is 0 Å². The Morgan fingerprint density at radius 2 is 2.16 bits per heavy atom. The van der Waals surface area contributed by atoms with E-state index < -0.39 is 12.0 Å². The van der Waals surface area contributed by atoms with Gasteiger partial charge in [0.25, 0.3) is 0 Å². The molecule has 0 amide bonds. The van der Waals surface area contributed by atoms with Crippen molar-refractivity contribution in [3.63, 3.8) is 0 Å². The summed E-state index contributed by atoms with van der Waals surface area (Å²) in [6, 6.07) is 7.05. The molecule has 1 aliphatic heterocycles. The average Bonchev–Trinajstić information content (AvgIpc) is 3.08. The number of rotatable bonds is 6. The molecule has 1 atom stereocenters. The maximum atomic E-state index is 12.7. The van der Waals surface area contributed by atoms with Gasteiger partial charge < -0.3 is 19.5 Å². The molecule has 8 heteroatoms. The van der Waals surface area contributed by atoms with Crippen molar-refractivity contribution in [2.75, 3.05) is 32.8 Å². The van der Waals surface area contributed by atoms with Gasteiger partial charge in [0.1, 0.15) is 24.7 Å². The number of carbonyl (C=O) groups excluding carboxylic acids is 1. The zero-order valence-corrected chi connectivity index (χ0v) is 14.4. The lowest BCUT2D eigenvalue weighted by Crippen LogP contribution is -2.30. The lowest BCUT2D eigenvalue weighted by atomic mass is 9.95. The van der Waals surface area contributed by atoms with Crippen LogP contribution in [-0.2, 0) is 14.3 Å². The topological polar surface area (TPSA) is 87.5 Å². The minimum Gasteiger partial charge on any atom is -0.497 e. The highest BCUT2D eigenvalue weighted by atomic mass is 16.6. The maximum Gasteiger partial charge on any atom is 0.338 e. The van der Waals surface area contributed by atoms with E-state index in [2.05, 4.69) is 15.4 Å². The quantitative estimate of drug-likeness (QED) is 0.631. The van der Waals surface area contributed by atoms with Gasteiger partial charge in [0.2, 0.25) is 5.95 Å². The first kappa shape index (κ1) is 17.0. The molecule has 8 nitrogen and oxygen atoms in total. The minimum absolute atomic E-state index is 0.182. The fourth-order valence-electron chi connectivity index (χ4n) is 2.77. The second kappa shape index (κ2) is 7.35. The Bertz CT molecular complexity index is 799. The van der Waals surface area contributed by atoms with Crippen molar-refractivity contribution in [1.82, 2.24) is 14.8 Å². The van der Waals surface area contributed by atoms with Gasteiger partial charge in [-0.2, -0.15) is 10.1 Å². The van der Waals surface area contributed by atoms with Crippen LogP contribution in [0.15, 0.2) is 41.9 Å². The molecule has 1 N–H and O–H groups in total. The first-order chi connectivity index (χ1) is 12.2. The van der Waals surface area contributed by atoms with Gasteiger partial charge in [-0.25, -0.2) is 9.48 Å². The Morgan fingerprint density at radius 1 is 1.32 bits per heavy atom. The normalized spacial score (nSPS) is 16.2. The number of hydrogen-bond acceptors (Lipinski definition) is 7. The highest BCUT2D eigenvalue weighted by molar-refractivity contribution is 5.92. The zero-order chi connectivity index (χ0) is 17.8. The lowest BCUT2D eigenvalue weighted by Gasteiger charge is -2.28. The summed E-state index contributed by atoms with van der Waals surface area (Å²) >= 11 is 0. The molecule has 0 saturated heterocycles. The zero-order valence-electron chi connectivity index (χ0n) is 14.4. The van der Waals surface area contributed by atoms with Crippen molar-refractivity contribution >= 4 is 11.9 Å². The molecule has 2 heterocycles.